The number of hydrogen-bond donors (Lipinski definition) is 1. The highest BCUT2D eigenvalue weighted by Gasteiger charge is 2.43. The summed E-state index contributed by atoms with van der Waals surface area (Å²) in [6.07, 6.45) is -2.06. The Morgan fingerprint density at radius 1 is 1.28 bits per heavy atom. The number of amides is 1. The molecule has 2 saturated heterocycles. The van der Waals surface area contributed by atoms with Crippen molar-refractivity contribution in [2.24, 2.45) is 5.41 Å². The van der Waals surface area contributed by atoms with E-state index in [1.54, 1.807) is 0 Å². The maximum atomic E-state index is 12.8. The molecule has 25 heavy (non-hydrogen) atoms. The second-order valence-electron chi connectivity index (χ2n) is 6.53. The van der Waals surface area contributed by atoms with Crippen LogP contribution in [0.1, 0.15) is 25.1 Å². The van der Waals surface area contributed by atoms with Crippen molar-refractivity contribution < 1.29 is 27.8 Å². The Hall–Kier alpha value is -2.26. The Labute approximate surface area is 142 Å². The van der Waals surface area contributed by atoms with Gasteiger partial charge in [-0.05, 0) is 24.7 Å². The zero-order chi connectivity index (χ0) is 18.2. The van der Waals surface area contributed by atoms with Gasteiger partial charge in [0, 0.05) is 26.2 Å². The van der Waals surface area contributed by atoms with Crippen LogP contribution in [0.3, 0.4) is 0 Å². The number of nitrogens with zero attached hydrogens (tertiary/aromatic N) is 4. The van der Waals surface area contributed by atoms with Crippen LogP contribution in [0.2, 0.25) is 0 Å². The third kappa shape index (κ3) is 3.42. The van der Waals surface area contributed by atoms with E-state index >= 15 is 0 Å². The molecule has 1 spiro atoms. The molecule has 2 fully saturated rings. The highest BCUT2D eigenvalue weighted by molar-refractivity contribution is 5.65. The lowest BCUT2D eigenvalue weighted by molar-refractivity contribution is -0.145. The van der Waals surface area contributed by atoms with Crippen molar-refractivity contribution in [2.45, 2.75) is 25.4 Å². The number of halogens is 3. The van der Waals surface area contributed by atoms with Gasteiger partial charge in [-0.15, -0.1) is 0 Å². The minimum absolute atomic E-state index is 0.0281. The molecular weight excluding hydrogens is 341 g/mol. The molecule has 0 saturated carbocycles. The standard InChI is InChI=1S/C15H19F3N4O3/c1-25-11-10(8-19-12(20-11)15(16,17)18)22-7-4-14(9-22)2-5-21(6-3-14)13(23)24/h8H,2-7,9H2,1H3,(H,23,24). The third-order valence-electron chi connectivity index (χ3n) is 5.06. The largest absolute Gasteiger partial charge is 0.479 e. The van der Waals surface area contributed by atoms with Gasteiger partial charge in [0.15, 0.2) is 0 Å². The molecule has 7 nitrogen and oxygen atoms in total. The first-order valence-corrected chi connectivity index (χ1v) is 7.95. The van der Waals surface area contributed by atoms with Gasteiger partial charge in [-0.3, -0.25) is 0 Å². The van der Waals surface area contributed by atoms with E-state index in [0.29, 0.717) is 31.9 Å². The Kier molecular flexibility index (Phi) is 4.38. The molecule has 1 amide bonds. The predicted octanol–water partition coefficient (Wildman–Crippen LogP) is 2.47. The number of methoxy groups -OCH3 is 1. The van der Waals surface area contributed by atoms with Crippen molar-refractivity contribution >= 4 is 11.8 Å². The van der Waals surface area contributed by atoms with Crippen molar-refractivity contribution in [1.29, 1.82) is 0 Å². The topological polar surface area (TPSA) is 78.8 Å². The highest BCUT2D eigenvalue weighted by atomic mass is 19.4. The minimum Gasteiger partial charge on any atom is -0.479 e. The Morgan fingerprint density at radius 2 is 1.92 bits per heavy atom. The number of likely N-dealkylation sites (tertiary alicyclic amines) is 1. The molecule has 0 unspecified atom stereocenters. The highest BCUT2D eigenvalue weighted by Crippen LogP contribution is 2.43. The lowest BCUT2D eigenvalue weighted by Crippen LogP contribution is -2.43. The second-order valence-corrected chi connectivity index (χ2v) is 6.53. The first-order valence-electron chi connectivity index (χ1n) is 7.95. The van der Waals surface area contributed by atoms with Crippen molar-refractivity contribution in [3.8, 4) is 5.88 Å². The van der Waals surface area contributed by atoms with E-state index in [9.17, 15) is 18.0 Å². The maximum Gasteiger partial charge on any atom is 0.451 e. The van der Waals surface area contributed by atoms with Gasteiger partial charge in [0.05, 0.1) is 13.3 Å². The van der Waals surface area contributed by atoms with Gasteiger partial charge >= 0.3 is 12.3 Å². The number of piperidine rings is 1. The summed E-state index contributed by atoms with van der Waals surface area (Å²) in [5.74, 6) is -1.32. The van der Waals surface area contributed by atoms with Gasteiger partial charge in [0.2, 0.25) is 11.7 Å². The van der Waals surface area contributed by atoms with Crippen LogP contribution < -0.4 is 9.64 Å². The summed E-state index contributed by atoms with van der Waals surface area (Å²) in [4.78, 5) is 21.3. The third-order valence-corrected chi connectivity index (χ3v) is 5.06. The van der Waals surface area contributed by atoms with Crippen LogP contribution in [0.5, 0.6) is 5.88 Å². The van der Waals surface area contributed by atoms with Crippen LogP contribution in [0.15, 0.2) is 6.20 Å². The molecule has 138 valence electrons. The monoisotopic (exact) mass is 360 g/mol. The van der Waals surface area contributed by atoms with Crippen LogP contribution in [-0.4, -0.2) is 59.4 Å². The molecule has 0 aliphatic carbocycles. The number of ether oxygens (including phenoxy) is 1. The first-order chi connectivity index (χ1) is 11.7. The lowest BCUT2D eigenvalue weighted by Gasteiger charge is -2.38. The molecule has 0 bridgehead atoms. The van der Waals surface area contributed by atoms with E-state index in [1.165, 1.54) is 12.0 Å². The van der Waals surface area contributed by atoms with E-state index in [0.717, 1.165) is 25.5 Å². The van der Waals surface area contributed by atoms with Gasteiger partial charge in [-0.1, -0.05) is 0 Å². The van der Waals surface area contributed by atoms with E-state index in [4.69, 9.17) is 9.84 Å². The fraction of sp³-hybridized carbons (Fsp3) is 0.667. The first kappa shape index (κ1) is 17.6. The number of anilines is 1. The SMILES string of the molecule is COc1nc(C(F)(F)F)ncc1N1CCC2(CCN(C(=O)O)CC2)C1. The van der Waals surface area contributed by atoms with Gasteiger partial charge < -0.3 is 19.6 Å². The van der Waals surface area contributed by atoms with Gasteiger partial charge in [-0.2, -0.15) is 18.2 Å². The molecule has 1 aromatic rings. The number of aromatic nitrogens is 2. The van der Waals surface area contributed by atoms with E-state index in [-0.39, 0.29) is 11.3 Å². The molecule has 0 aromatic carbocycles. The molecule has 3 rings (SSSR count). The average molecular weight is 360 g/mol. The van der Waals surface area contributed by atoms with Crippen LogP contribution >= 0.6 is 0 Å². The fourth-order valence-electron chi connectivity index (χ4n) is 3.58. The molecule has 1 N–H and O–H groups in total. The number of hydrogen-bond acceptors (Lipinski definition) is 5. The number of rotatable bonds is 2. The zero-order valence-corrected chi connectivity index (χ0v) is 13.7. The summed E-state index contributed by atoms with van der Waals surface area (Å²) < 4.78 is 43.3. The molecule has 2 aliphatic rings. The van der Waals surface area contributed by atoms with Crippen LogP contribution in [0.4, 0.5) is 23.7 Å². The number of carbonyl (C=O) groups is 1. The fourth-order valence-corrected chi connectivity index (χ4v) is 3.58. The predicted molar refractivity (Wildman–Crippen MR) is 81.7 cm³/mol. The average Bonchev–Trinajstić information content (AvgIpc) is 2.97. The minimum atomic E-state index is -4.62. The summed E-state index contributed by atoms with van der Waals surface area (Å²) in [7, 11) is 1.28. The smallest absolute Gasteiger partial charge is 0.451 e. The van der Waals surface area contributed by atoms with Gasteiger partial charge in [0.1, 0.15) is 5.69 Å². The molecule has 0 atom stereocenters. The molecule has 1 aromatic heterocycles. The van der Waals surface area contributed by atoms with Gasteiger partial charge in [-0.25, -0.2) is 9.78 Å². The quantitative estimate of drug-likeness (QED) is 0.873. The Bertz CT molecular complexity index is 660. The van der Waals surface area contributed by atoms with Crippen LogP contribution in [-0.2, 0) is 6.18 Å². The molecule has 2 aliphatic heterocycles. The van der Waals surface area contributed by atoms with Crippen LogP contribution in [0.25, 0.3) is 0 Å². The summed E-state index contributed by atoms with van der Waals surface area (Å²) in [5, 5.41) is 9.05. The Morgan fingerprint density at radius 3 is 2.48 bits per heavy atom. The summed E-state index contributed by atoms with van der Waals surface area (Å²) in [6.45, 7) is 2.23. The number of carboxylic acid groups (broad SMARTS) is 1. The second kappa shape index (κ2) is 6.23. The summed E-state index contributed by atoms with van der Waals surface area (Å²) >= 11 is 0. The van der Waals surface area contributed by atoms with Crippen molar-refractivity contribution in [3.05, 3.63) is 12.0 Å². The van der Waals surface area contributed by atoms with E-state index in [2.05, 4.69) is 9.97 Å². The molecule has 3 heterocycles. The van der Waals surface area contributed by atoms with Crippen molar-refractivity contribution in [3.63, 3.8) is 0 Å². The summed E-state index contributed by atoms with van der Waals surface area (Å²) in [5.41, 5.74) is 0.410. The molecule has 10 heteroatoms. The van der Waals surface area contributed by atoms with E-state index < -0.39 is 18.1 Å². The van der Waals surface area contributed by atoms with E-state index in [1.807, 2.05) is 4.90 Å². The van der Waals surface area contributed by atoms with Crippen molar-refractivity contribution in [2.75, 3.05) is 38.2 Å². The number of alkyl halides is 3. The summed E-state index contributed by atoms with van der Waals surface area (Å²) in [6, 6.07) is 0. The maximum absolute atomic E-state index is 12.8. The van der Waals surface area contributed by atoms with Crippen molar-refractivity contribution in [1.82, 2.24) is 14.9 Å². The van der Waals surface area contributed by atoms with Gasteiger partial charge in [0.25, 0.3) is 0 Å². The molecular formula is C15H19F3N4O3. The zero-order valence-electron chi connectivity index (χ0n) is 13.7. The Balaban J connectivity index is 1.75. The van der Waals surface area contributed by atoms with Crippen LogP contribution in [0, 0.1) is 5.41 Å². The normalized spacial score (nSPS) is 20.2. The lowest BCUT2D eigenvalue weighted by atomic mass is 9.78. The molecule has 0 radical (unpaired) electrons.